The first kappa shape index (κ1) is 23.4. The maximum atomic E-state index is 13.4. The van der Waals surface area contributed by atoms with Gasteiger partial charge >= 0.3 is 0 Å². The van der Waals surface area contributed by atoms with E-state index in [1.165, 1.54) is 0 Å². The third-order valence-electron chi connectivity index (χ3n) is 5.67. The summed E-state index contributed by atoms with van der Waals surface area (Å²) in [4.78, 5) is 30.5. The summed E-state index contributed by atoms with van der Waals surface area (Å²) in [5.74, 6) is 0.647. The third kappa shape index (κ3) is 4.84. The molecule has 0 spiro atoms. The lowest BCUT2D eigenvalue weighted by Gasteiger charge is -2.21. The van der Waals surface area contributed by atoms with Crippen LogP contribution < -0.4 is 10.9 Å². The predicted octanol–water partition coefficient (Wildman–Crippen LogP) is 3.74. The molecule has 1 aliphatic carbocycles. The standard InChI is InChI=1S/C23H30ClN3O4/c1-5-19-21(25-12-15(31-4)13-30-3)23(29)27(6-2)22(26-19)17-10-14-8-7-9-20(28)16(14)11-18(17)24/h10-11,15,25H,5-9,12-13H2,1-4H3. The molecule has 0 amide bonds. The molecule has 1 atom stereocenters. The number of benzene rings is 1. The summed E-state index contributed by atoms with van der Waals surface area (Å²) < 4.78 is 12.2. The van der Waals surface area contributed by atoms with Crippen molar-refractivity contribution >= 4 is 23.1 Å². The fourth-order valence-electron chi connectivity index (χ4n) is 3.97. The Labute approximate surface area is 187 Å². The van der Waals surface area contributed by atoms with Crippen molar-refractivity contribution in [3.05, 3.63) is 44.3 Å². The number of carbonyl (C=O) groups excluding carboxylic acids is 1. The fraction of sp³-hybridized carbons (Fsp3) is 0.522. The highest BCUT2D eigenvalue weighted by atomic mass is 35.5. The van der Waals surface area contributed by atoms with Crippen LogP contribution in [0.4, 0.5) is 5.69 Å². The minimum absolute atomic E-state index is 0.119. The Balaban J connectivity index is 2.08. The van der Waals surface area contributed by atoms with Crippen LogP contribution in [0.3, 0.4) is 0 Å². The lowest BCUT2D eigenvalue weighted by molar-refractivity contribution is 0.0365. The Kier molecular flexibility index (Phi) is 7.86. The lowest BCUT2D eigenvalue weighted by Crippen LogP contribution is -2.32. The Morgan fingerprint density at radius 2 is 1.97 bits per heavy atom. The molecule has 1 aromatic heterocycles. The molecule has 1 aromatic carbocycles. The summed E-state index contributed by atoms with van der Waals surface area (Å²) in [5.41, 5.74) is 3.32. The molecule has 2 aromatic rings. The Bertz CT molecular complexity index is 1020. The van der Waals surface area contributed by atoms with Gasteiger partial charge in [-0.1, -0.05) is 18.5 Å². The van der Waals surface area contributed by atoms with Gasteiger partial charge in [-0.3, -0.25) is 14.2 Å². The highest BCUT2D eigenvalue weighted by Crippen LogP contribution is 2.33. The van der Waals surface area contributed by atoms with Crippen LogP contribution in [0, 0.1) is 0 Å². The number of anilines is 1. The number of fused-ring (bicyclic) bond motifs is 1. The Morgan fingerprint density at radius 3 is 2.61 bits per heavy atom. The van der Waals surface area contributed by atoms with Gasteiger partial charge in [0.15, 0.2) is 5.78 Å². The second-order valence-electron chi connectivity index (χ2n) is 7.62. The molecule has 0 fully saturated rings. The van der Waals surface area contributed by atoms with Crippen molar-refractivity contribution in [3.8, 4) is 11.4 Å². The minimum Gasteiger partial charge on any atom is -0.382 e. The summed E-state index contributed by atoms with van der Waals surface area (Å²) in [5, 5.41) is 3.65. The summed E-state index contributed by atoms with van der Waals surface area (Å²) in [7, 11) is 3.22. The molecule has 1 unspecified atom stereocenters. The van der Waals surface area contributed by atoms with Gasteiger partial charge in [0.2, 0.25) is 0 Å². The largest absolute Gasteiger partial charge is 0.382 e. The molecule has 3 rings (SSSR count). The van der Waals surface area contributed by atoms with Gasteiger partial charge in [-0.15, -0.1) is 0 Å². The quantitative estimate of drug-likeness (QED) is 0.630. The number of hydrogen-bond donors (Lipinski definition) is 1. The smallest absolute Gasteiger partial charge is 0.277 e. The van der Waals surface area contributed by atoms with E-state index >= 15 is 0 Å². The number of nitrogens with one attached hydrogen (secondary N) is 1. The fourth-order valence-corrected chi connectivity index (χ4v) is 4.22. The number of aryl methyl sites for hydroxylation is 2. The van der Waals surface area contributed by atoms with Crippen LogP contribution in [-0.2, 0) is 28.9 Å². The lowest BCUT2D eigenvalue weighted by atomic mass is 9.89. The highest BCUT2D eigenvalue weighted by Gasteiger charge is 2.23. The molecule has 0 aliphatic heterocycles. The van der Waals surface area contributed by atoms with E-state index in [-0.39, 0.29) is 17.4 Å². The van der Waals surface area contributed by atoms with Crippen molar-refractivity contribution in [1.82, 2.24) is 9.55 Å². The van der Waals surface area contributed by atoms with Gasteiger partial charge in [-0.05, 0) is 43.9 Å². The molecule has 1 aliphatic rings. The van der Waals surface area contributed by atoms with E-state index in [0.717, 1.165) is 18.4 Å². The van der Waals surface area contributed by atoms with E-state index in [4.69, 9.17) is 26.1 Å². The molecular formula is C23H30ClN3O4. The van der Waals surface area contributed by atoms with Crippen LogP contribution in [0.5, 0.6) is 0 Å². The number of ketones is 1. The molecule has 1 heterocycles. The maximum Gasteiger partial charge on any atom is 0.277 e. The zero-order chi connectivity index (χ0) is 22.5. The van der Waals surface area contributed by atoms with E-state index in [1.54, 1.807) is 24.9 Å². The van der Waals surface area contributed by atoms with E-state index in [0.29, 0.717) is 65.9 Å². The van der Waals surface area contributed by atoms with E-state index in [9.17, 15) is 9.59 Å². The SMILES string of the molecule is CCc1nc(-c2cc3c(cc2Cl)C(=O)CCC3)n(CC)c(=O)c1NCC(COC)OC. The summed E-state index contributed by atoms with van der Waals surface area (Å²) in [6.45, 7) is 5.16. The van der Waals surface area contributed by atoms with Gasteiger partial charge in [0.25, 0.3) is 5.56 Å². The molecule has 7 nitrogen and oxygen atoms in total. The summed E-state index contributed by atoms with van der Waals surface area (Å²) in [6, 6.07) is 3.65. The van der Waals surface area contributed by atoms with Gasteiger partial charge in [0, 0.05) is 44.9 Å². The van der Waals surface area contributed by atoms with Crippen LogP contribution in [-0.4, -0.2) is 48.8 Å². The number of aromatic nitrogens is 2. The number of halogens is 1. The minimum atomic E-state index is -0.184. The molecule has 31 heavy (non-hydrogen) atoms. The molecule has 1 N–H and O–H groups in total. The topological polar surface area (TPSA) is 82.5 Å². The third-order valence-corrected chi connectivity index (χ3v) is 5.98. The average Bonchev–Trinajstić information content (AvgIpc) is 2.77. The maximum absolute atomic E-state index is 13.4. The second-order valence-corrected chi connectivity index (χ2v) is 8.03. The first-order chi connectivity index (χ1) is 14.9. The molecule has 168 valence electrons. The summed E-state index contributed by atoms with van der Waals surface area (Å²) in [6.07, 6.45) is 2.59. The summed E-state index contributed by atoms with van der Waals surface area (Å²) >= 11 is 6.58. The number of nitrogens with zero attached hydrogens (tertiary/aromatic N) is 2. The van der Waals surface area contributed by atoms with Crippen molar-refractivity contribution in [1.29, 1.82) is 0 Å². The monoisotopic (exact) mass is 447 g/mol. The van der Waals surface area contributed by atoms with Gasteiger partial charge < -0.3 is 14.8 Å². The van der Waals surface area contributed by atoms with E-state index in [1.807, 2.05) is 19.9 Å². The molecule has 8 heteroatoms. The van der Waals surface area contributed by atoms with Gasteiger partial charge in [-0.2, -0.15) is 0 Å². The Hall–Kier alpha value is -2.22. The van der Waals surface area contributed by atoms with E-state index in [2.05, 4.69) is 5.32 Å². The zero-order valence-corrected chi connectivity index (χ0v) is 19.3. The van der Waals surface area contributed by atoms with Crippen LogP contribution >= 0.6 is 11.6 Å². The molecule has 0 radical (unpaired) electrons. The van der Waals surface area contributed by atoms with Crippen LogP contribution in [0.1, 0.15) is 48.3 Å². The predicted molar refractivity (Wildman–Crippen MR) is 122 cm³/mol. The number of hydrogen-bond acceptors (Lipinski definition) is 6. The average molecular weight is 448 g/mol. The van der Waals surface area contributed by atoms with Gasteiger partial charge in [0.1, 0.15) is 11.5 Å². The second kappa shape index (κ2) is 10.4. The molecule has 0 saturated carbocycles. The normalized spacial score (nSPS) is 14.4. The number of Topliss-reactive ketones (excluding diaryl/α,β-unsaturated/α-hetero) is 1. The molecule has 0 saturated heterocycles. The number of rotatable bonds is 9. The zero-order valence-electron chi connectivity index (χ0n) is 18.6. The van der Waals surface area contributed by atoms with Crippen molar-refractivity contribution < 1.29 is 14.3 Å². The number of ether oxygens (including phenoxy) is 2. The van der Waals surface area contributed by atoms with Crippen molar-refractivity contribution in [2.24, 2.45) is 0 Å². The Morgan fingerprint density at radius 1 is 1.19 bits per heavy atom. The highest BCUT2D eigenvalue weighted by molar-refractivity contribution is 6.33. The van der Waals surface area contributed by atoms with Crippen LogP contribution in [0.2, 0.25) is 5.02 Å². The van der Waals surface area contributed by atoms with E-state index < -0.39 is 0 Å². The van der Waals surface area contributed by atoms with Crippen molar-refractivity contribution in [2.45, 2.75) is 52.2 Å². The first-order valence-corrected chi connectivity index (χ1v) is 11.1. The van der Waals surface area contributed by atoms with Crippen LogP contribution in [0.25, 0.3) is 11.4 Å². The first-order valence-electron chi connectivity index (χ1n) is 10.7. The van der Waals surface area contributed by atoms with Crippen molar-refractivity contribution in [2.75, 3.05) is 32.7 Å². The van der Waals surface area contributed by atoms with Gasteiger partial charge in [-0.25, -0.2) is 4.98 Å². The van der Waals surface area contributed by atoms with Gasteiger partial charge in [0.05, 0.1) is 23.4 Å². The van der Waals surface area contributed by atoms with Crippen LogP contribution in [0.15, 0.2) is 16.9 Å². The number of carbonyl (C=O) groups is 1. The number of methoxy groups -OCH3 is 2. The van der Waals surface area contributed by atoms with Crippen molar-refractivity contribution in [3.63, 3.8) is 0 Å². The molecular weight excluding hydrogens is 418 g/mol. The molecule has 0 bridgehead atoms.